The molecule has 110 valence electrons. The number of hydrogen-bond acceptors (Lipinski definition) is 2. The molecule has 0 fully saturated rings. The third kappa shape index (κ3) is 5.01. The molecule has 0 radical (unpaired) electrons. The predicted molar refractivity (Wildman–Crippen MR) is 100 cm³/mol. The molecule has 1 atom stereocenters. The van der Waals surface area contributed by atoms with Crippen molar-refractivity contribution in [3.8, 4) is 0 Å². The van der Waals surface area contributed by atoms with Crippen LogP contribution in [0.2, 0.25) is 0 Å². The lowest BCUT2D eigenvalue weighted by molar-refractivity contribution is 0.814. The number of hydrogen-bond donors (Lipinski definition) is 2. The zero-order valence-electron chi connectivity index (χ0n) is 11.8. The van der Waals surface area contributed by atoms with E-state index < -0.39 is 0 Å². The molecule has 1 aliphatic heterocycles. The number of fused-ring (bicyclic) bond motifs is 1. The van der Waals surface area contributed by atoms with E-state index in [1.807, 2.05) is 18.7 Å². The molecule has 5 heteroatoms. The van der Waals surface area contributed by atoms with Crippen LogP contribution in [0.5, 0.6) is 0 Å². The zero-order chi connectivity index (χ0) is 13.7. The Labute approximate surface area is 142 Å². The molecule has 0 aliphatic carbocycles. The molecule has 20 heavy (non-hydrogen) atoms. The minimum absolute atomic E-state index is 0. The highest BCUT2D eigenvalue weighted by atomic mass is 127. The van der Waals surface area contributed by atoms with Gasteiger partial charge in [0.15, 0.2) is 5.96 Å². The van der Waals surface area contributed by atoms with E-state index in [4.69, 9.17) is 5.73 Å². The highest BCUT2D eigenvalue weighted by Gasteiger charge is 2.19. The third-order valence-corrected chi connectivity index (χ3v) is 4.34. The summed E-state index contributed by atoms with van der Waals surface area (Å²) in [6.07, 6.45) is 1.16. The molecule has 0 saturated carbocycles. The summed E-state index contributed by atoms with van der Waals surface area (Å²) in [5.74, 6) is 1.68. The van der Waals surface area contributed by atoms with Gasteiger partial charge in [-0.05, 0) is 30.2 Å². The molecule has 1 aliphatic rings. The summed E-state index contributed by atoms with van der Waals surface area (Å²) in [5.41, 5.74) is 9.76. The number of nitrogens with two attached hydrogens (primary N) is 1. The van der Waals surface area contributed by atoms with E-state index in [1.165, 1.54) is 16.9 Å². The van der Waals surface area contributed by atoms with Crippen molar-refractivity contribution in [1.82, 2.24) is 5.32 Å². The smallest absolute Gasteiger partial charge is 0.188 e. The maximum Gasteiger partial charge on any atom is 0.188 e. The van der Waals surface area contributed by atoms with E-state index in [2.05, 4.69) is 41.2 Å². The summed E-state index contributed by atoms with van der Waals surface area (Å²) in [5, 5.41) is 3.68. The Morgan fingerprint density at radius 3 is 3.00 bits per heavy atom. The Hall–Kier alpha value is -0.690. The van der Waals surface area contributed by atoms with Crippen LogP contribution >= 0.6 is 35.7 Å². The van der Waals surface area contributed by atoms with E-state index in [0.29, 0.717) is 17.8 Å². The molecule has 1 unspecified atom stereocenters. The lowest BCUT2D eigenvalue weighted by Gasteiger charge is -2.25. The van der Waals surface area contributed by atoms with Crippen LogP contribution in [0.1, 0.15) is 23.3 Å². The largest absolute Gasteiger partial charge is 0.370 e. The second-order valence-corrected chi connectivity index (χ2v) is 6.16. The summed E-state index contributed by atoms with van der Waals surface area (Å²) in [6, 6.07) is 8.66. The Kier molecular flexibility index (Phi) is 7.43. The SMILES string of the molecule is C=C(C)CN=C(N)NCC1SCCc2ccccc21.I. The number of thioether (sulfide) groups is 1. The van der Waals surface area contributed by atoms with Gasteiger partial charge in [0, 0.05) is 11.8 Å². The normalized spacial score (nSPS) is 17.9. The van der Waals surface area contributed by atoms with Gasteiger partial charge in [0.05, 0.1) is 6.54 Å². The predicted octanol–water partition coefficient (Wildman–Crippen LogP) is 3.12. The molecule has 1 aromatic rings. The van der Waals surface area contributed by atoms with Crippen molar-refractivity contribution in [2.24, 2.45) is 10.7 Å². The van der Waals surface area contributed by atoms with Crippen LogP contribution < -0.4 is 11.1 Å². The molecule has 1 aromatic carbocycles. The van der Waals surface area contributed by atoms with Gasteiger partial charge in [-0.15, -0.1) is 24.0 Å². The molecule has 1 heterocycles. The Morgan fingerprint density at radius 2 is 2.25 bits per heavy atom. The molecule has 3 N–H and O–H groups in total. The van der Waals surface area contributed by atoms with Crippen LogP contribution in [0, 0.1) is 0 Å². The number of nitrogens with one attached hydrogen (secondary N) is 1. The average Bonchev–Trinajstić information content (AvgIpc) is 2.42. The average molecular weight is 403 g/mol. The summed E-state index contributed by atoms with van der Waals surface area (Å²) in [4.78, 5) is 4.24. The second-order valence-electron chi connectivity index (χ2n) is 4.85. The fourth-order valence-electron chi connectivity index (χ4n) is 2.12. The Morgan fingerprint density at radius 1 is 1.50 bits per heavy atom. The minimum atomic E-state index is 0. The van der Waals surface area contributed by atoms with Crippen molar-refractivity contribution in [2.75, 3.05) is 18.8 Å². The Balaban J connectivity index is 0.00000200. The van der Waals surface area contributed by atoms with Gasteiger partial charge in [-0.1, -0.05) is 36.4 Å². The third-order valence-electron chi connectivity index (χ3n) is 3.08. The van der Waals surface area contributed by atoms with Crippen LogP contribution in [0.3, 0.4) is 0 Å². The van der Waals surface area contributed by atoms with Crippen molar-refractivity contribution in [1.29, 1.82) is 0 Å². The van der Waals surface area contributed by atoms with Crippen molar-refractivity contribution in [3.05, 3.63) is 47.5 Å². The number of halogens is 1. The summed E-state index contributed by atoms with van der Waals surface area (Å²) in [6.45, 7) is 7.18. The maximum atomic E-state index is 5.85. The number of aliphatic imine (C=N–C) groups is 1. The lowest BCUT2D eigenvalue weighted by atomic mass is 10.0. The van der Waals surface area contributed by atoms with Gasteiger partial charge < -0.3 is 11.1 Å². The van der Waals surface area contributed by atoms with Gasteiger partial charge in [0.2, 0.25) is 0 Å². The summed E-state index contributed by atoms with van der Waals surface area (Å²) < 4.78 is 0. The van der Waals surface area contributed by atoms with Gasteiger partial charge in [0.1, 0.15) is 0 Å². The zero-order valence-corrected chi connectivity index (χ0v) is 14.9. The minimum Gasteiger partial charge on any atom is -0.370 e. The number of guanidine groups is 1. The first-order chi connectivity index (χ1) is 9.16. The van der Waals surface area contributed by atoms with Gasteiger partial charge in [-0.2, -0.15) is 11.8 Å². The van der Waals surface area contributed by atoms with Crippen LogP contribution in [0.25, 0.3) is 0 Å². The quantitative estimate of drug-likeness (QED) is 0.352. The molecule has 0 spiro atoms. The molecule has 0 saturated heterocycles. The van der Waals surface area contributed by atoms with Crippen LogP contribution in [-0.4, -0.2) is 24.8 Å². The lowest BCUT2D eigenvalue weighted by Crippen LogP contribution is -2.35. The first-order valence-corrected chi connectivity index (χ1v) is 7.59. The van der Waals surface area contributed by atoms with Gasteiger partial charge in [0.25, 0.3) is 0 Å². The fourth-order valence-corrected chi connectivity index (χ4v) is 3.35. The van der Waals surface area contributed by atoms with Crippen molar-refractivity contribution in [3.63, 3.8) is 0 Å². The molecule has 2 rings (SSSR count). The van der Waals surface area contributed by atoms with E-state index >= 15 is 0 Å². The molecule has 0 bridgehead atoms. The number of aryl methyl sites for hydroxylation is 1. The van der Waals surface area contributed by atoms with Crippen molar-refractivity contribution in [2.45, 2.75) is 18.6 Å². The van der Waals surface area contributed by atoms with E-state index in [1.54, 1.807) is 0 Å². The van der Waals surface area contributed by atoms with E-state index in [0.717, 1.165) is 18.5 Å². The van der Waals surface area contributed by atoms with Gasteiger partial charge >= 0.3 is 0 Å². The summed E-state index contributed by atoms with van der Waals surface area (Å²) >= 11 is 1.98. The van der Waals surface area contributed by atoms with Gasteiger partial charge in [-0.3, -0.25) is 0 Å². The monoisotopic (exact) mass is 403 g/mol. The fraction of sp³-hybridized carbons (Fsp3) is 0.400. The first-order valence-electron chi connectivity index (χ1n) is 6.54. The molecule has 0 aromatic heterocycles. The number of benzene rings is 1. The molecule has 3 nitrogen and oxygen atoms in total. The molecule has 0 amide bonds. The first kappa shape index (κ1) is 17.4. The van der Waals surface area contributed by atoms with E-state index in [9.17, 15) is 0 Å². The number of nitrogens with zero attached hydrogens (tertiary/aromatic N) is 1. The highest BCUT2D eigenvalue weighted by Crippen LogP contribution is 2.35. The van der Waals surface area contributed by atoms with Crippen LogP contribution in [0.4, 0.5) is 0 Å². The highest BCUT2D eigenvalue weighted by molar-refractivity contribution is 14.0. The topological polar surface area (TPSA) is 50.4 Å². The second kappa shape index (κ2) is 8.56. The number of rotatable bonds is 4. The maximum absolute atomic E-state index is 5.85. The van der Waals surface area contributed by atoms with E-state index in [-0.39, 0.29) is 24.0 Å². The van der Waals surface area contributed by atoms with Gasteiger partial charge in [-0.25, -0.2) is 4.99 Å². The van der Waals surface area contributed by atoms with Crippen LogP contribution in [-0.2, 0) is 6.42 Å². The molecular weight excluding hydrogens is 381 g/mol. The standard InChI is InChI=1S/C15H21N3S.HI/c1-11(2)9-17-15(16)18-10-14-13-6-4-3-5-12(13)7-8-19-14;/h3-6,14H,1,7-10H2,2H3,(H3,16,17,18);1H. The Bertz CT molecular complexity index is 488. The van der Waals surface area contributed by atoms with Crippen molar-refractivity contribution < 1.29 is 0 Å². The molecular formula is C15H22IN3S. The van der Waals surface area contributed by atoms with Crippen molar-refractivity contribution >= 4 is 41.7 Å². The van der Waals surface area contributed by atoms with Crippen LogP contribution in [0.15, 0.2) is 41.4 Å². The summed E-state index contributed by atoms with van der Waals surface area (Å²) in [7, 11) is 0.